The average Bonchev–Trinajstić information content (AvgIpc) is 3.31. The minimum absolute atomic E-state index is 0.0161. The van der Waals surface area contributed by atoms with E-state index in [0.29, 0.717) is 39.6 Å². The fourth-order valence-electron chi connectivity index (χ4n) is 3.61. The summed E-state index contributed by atoms with van der Waals surface area (Å²) in [6, 6.07) is 13.1. The summed E-state index contributed by atoms with van der Waals surface area (Å²) in [5, 5.41) is 33.7. The SMILES string of the molecule is CSc1nnc(Sc2c(C(=O)NCCCOc3ccc(C)cc3C)c(O)c(O)c3ccccc23)s1. The van der Waals surface area contributed by atoms with Crippen LogP contribution in [-0.2, 0) is 0 Å². The Hall–Kier alpha value is -2.95. The number of amides is 1. The Morgan fingerprint density at radius 3 is 2.51 bits per heavy atom. The fourth-order valence-corrected chi connectivity index (χ4v) is 6.26. The zero-order valence-electron chi connectivity index (χ0n) is 19.5. The van der Waals surface area contributed by atoms with E-state index < -0.39 is 11.7 Å². The molecule has 0 aliphatic rings. The number of phenols is 2. The van der Waals surface area contributed by atoms with Gasteiger partial charge in [0.2, 0.25) is 0 Å². The normalized spacial score (nSPS) is 11.1. The second-order valence-corrected chi connectivity index (χ2v) is 11.1. The quantitative estimate of drug-likeness (QED) is 0.143. The Balaban J connectivity index is 1.52. The first kappa shape index (κ1) is 25.2. The molecule has 0 spiro atoms. The molecule has 35 heavy (non-hydrogen) atoms. The van der Waals surface area contributed by atoms with Gasteiger partial charge in [0.25, 0.3) is 5.91 Å². The average molecular weight is 528 g/mol. The molecule has 0 aliphatic heterocycles. The number of carbonyl (C=O) groups is 1. The van der Waals surface area contributed by atoms with Gasteiger partial charge in [0.05, 0.1) is 12.2 Å². The predicted octanol–water partition coefficient (Wildman–Crippen LogP) is 5.79. The van der Waals surface area contributed by atoms with Crippen molar-refractivity contribution in [2.45, 2.75) is 33.8 Å². The van der Waals surface area contributed by atoms with E-state index in [4.69, 9.17) is 4.74 Å². The molecule has 182 valence electrons. The molecular formula is C25H25N3O4S3. The van der Waals surface area contributed by atoms with Crippen molar-refractivity contribution in [1.82, 2.24) is 15.5 Å². The molecule has 0 radical (unpaired) electrons. The number of aromatic nitrogens is 2. The maximum atomic E-state index is 13.2. The Kier molecular flexibility index (Phi) is 8.04. The highest BCUT2D eigenvalue weighted by molar-refractivity contribution is 8.03. The van der Waals surface area contributed by atoms with Crippen molar-refractivity contribution in [3.63, 3.8) is 0 Å². The van der Waals surface area contributed by atoms with Gasteiger partial charge in [-0.15, -0.1) is 10.2 Å². The third-order valence-corrected chi connectivity index (χ3v) is 8.37. The summed E-state index contributed by atoms with van der Waals surface area (Å²) in [6.45, 7) is 4.81. The molecule has 3 N–H and O–H groups in total. The van der Waals surface area contributed by atoms with E-state index in [2.05, 4.69) is 21.6 Å². The number of benzene rings is 3. The Bertz CT molecular complexity index is 1370. The standard InChI is InChI=1S/C25H25N3O4S3/c1-14-9-10-18(15(2)13-14)32-12-6-11-26-23(31)19-21(30)20(29)16-7-4-5-8-17(16)22(19)34-25-28-27-24(33-3)35-25/h4-5,7-10,13,29-30H,6,11-12H2,1-3H3,(H,26,31). The third kappa shape index (κ3) is 5.66. The molecule has 4 aromatic rings. The Morgan fingerprint density at radius 2 is 1.80 bits per heavy atom. The van der Waals surface area contributed by atoms with E-state index in [1.807, 2.05) is 44.4 Å². The number of rotatable bonds is 9. The van der Waals surface area contributed by atoms with Crippen LogP contribution in [0.3, 0.4) is 0 Å². The molecule has 0 atom stereocenters. The molecule has 3 aromatic carbocycles. The molecule has 7 nitrogen and oxygen atoms in total. The number of aromatic hydroxyl groups is 2. The smallest absolute Gasteiger partial charge is 0.256 e. The van der Waals surface area contributed by atoms with Crippen LogP contribution < -0.4 is 10.1 Å². The molecule has 10 heteroatoms. The lowest BCUT2D eigenvalue weighted by Crippen LogP contribution is -2.26. The van der Waals surface area contributed by atoms with E-state index >= 15 is 0 Å². The van der Waals surface area contributed by atoms with Crippen LogP contribution in [-0.4, -0.2) is 45.7 Å². The van der Waals surface area contributed by atoms with Crippen molar-refractivity contribution >= 4 is 51.5 Å². The van der Waals surface area contributed by atoms with Gasteiger partial charge in [-0.2, -0.15) is 0 Å². The van der Waals surface area contributed by atoms with Crippen LogP contribution in [0.4, 0.5) is 0 Å². The lowest BCUT2D eigenvalue weighted by Gasteiger charge is -2.16. The van der Waals surface area contributed by atoms with Crippen LogP contribution in [0.1, 0.15) is 27.9 Å². The van der Waals surface area contributed by atoms with E-state index in [1.165, 1.54) is 40.4 Å². The molecule has 0 aliphatic carbocycles. The number of nitrogens with one attached hydrogen (secondary N) is 1. The summed E-state index contributed by atoms with van der Waals surface area (Å²) in [7, 11) is 0. The first-order chi connectivity index (χ1) is 16.9. The molecule has 1 heterocycles. The monoisotopic (exact) mass is 527 g/mol. The number of phenolic OH excluding ortho intramolecular Hbond substituents is 2. The molecular weight excluding hydrogens is 502 g/mol. The van der Waals surface area contributed by atoms with Crippen LogP contribution in [0.15, 0.2) is 56.0 Å². The van der Waals surface area contributed by atoms with E-state index in [9.17, 15) is 15.0 Å². The van der Waals surface area contributed by atoms with Gasteiger partial charge in [-0.05, 0) is 38.2 Å². The summed E-state index contributed by atoms with van der Waals surface area (Å²) >= 11 is 4.14. The van der Waals surface area contributed by atoms with E-state index in [1.54, 1.807) is 12.1 Å². The molecule has 0 bridgehead atoms. The fraction of sp³-hybridized carbons (Fsp3) is 0.240. The minimum Gasteiger partial charge on any atom is -0.504 e. The molecule has 1 amide bonds. The minimum atomic E-state index is -0.479. The number of fused-ring (bicyclic) bond motifs is 1. The largest absolute Gasteiger partial charge is 0.504 e. The van der Waals surface area contributed by atoms with Gasteiger partial charge in [-0.3, -0.25) is 4.79 Å². The van der Waals surface area contributed by atoms with Gasteiger partial charge in [-0.1, -0.05) is 76.8 Å². The Morgan fingerprint density at radius 1 is 1.06 bits per heavy atom. The molecule has 1 aromatic heterocycles. The first-order valence-electron chi connectivity index (χ1n) is 10.9. The maximum Gasteiger partial charge on any atom is 0.256 e. The van der Waals surface area contributed by atoms with Crippen molar-refractivity contribution in [2.24, 2.45) is 0 Å². The van der Waals surface area contributed by atoms with Crippen LogP contribution in [0, 0.1) is 13.8 Å². The van der Waals surface area contributed by atoms with E-state index in [0.717, 1.165) is 15.7 Å². The van der Waals surface area contributed by atoms with E-state index in [-0.39, 0.29) is 11.3 Å². The molecule has 4 rings (SSSR count). The number of carbonyl (C=O) groups excluding carboxylic acids is 1. The summed E-state index contributed by atoms with van der Waals surface area (Å²) < 4.78 is 7.27. The number of hydrogen-bond acceptors (Lipinski definition) is 9. The van der Waals surface area contributed by atoms with Gasteiger partial charge in [-0.25, -0.2) is 0 Å². The van der Waals surface area contributed by atoms with Crippen LogP contribution in [0.25, 0.3) is 10.8 Å². The topological polar surface area (TPSA) is 105 Å². The van der Waals surface area contributed by atoms with Crippen LogP contribution in [0.2, 0.25) is 0 Å². The summed E-state index contributed by atoms with van der Waals surface area (Å²) in [6.07, 6.45) is 2.49. The predicted molar refractivity (Wildman–Crippen MR) is 141 cm³/mol. The van der Waals surface area contributed by atoms with Crippen molar-refractivity contribution in [1.29, 1.82) is 0 Å². The van der Waals surface area contributed by atoms with Crippen molar-refractivity contribution < 1.29 is 19.7 Å². The first-order valence-corrected chi connectivity index (χ1v) is 13.7. The summed E-state index contributed by atoms with van der Waals surface area (Å²) in [4.78, 5) is 13.7. The van der Waals surface area contributed by atoms with Crippen LogP contribution >= 0.6 is 34.9 Å². The van der Waals surface area contributed by atoms with Gasteiger partial charge in [0.15, 0.2) is 20.2 Å². The van der Waals surface area contributed by atoms with Gasteiger partial charge < -0.3 is 20.3 Å². The second-order valence-electron chi connectivity index (χ2n) is 7.81. The lowest BCUT2D eigenvalue weighted by atomic mass is 10.0. The van der Waals surface area contributed by atoms with Gasteiger partial charge in [0, 0.05) is 22.2 Å². The second kappa shape index (κ2) is 11.2. The Labute approximate surface area is 215 Å². The molecule has 0 unspecified atom stereocenters. The molecule has 0 fully saturated rings. The zero-order chi connectivity index (χ0) is 24.9. The van der Waals surface area contributed by atoms with Crippen molar-refractivity contribution in [3.05, 3.63) is 59.2 Å². The van der Waals surface area contributed by atoms with Gasteiger partial charge in [0.1, 0.15) is 5.75 Å². The third-order valence-electron chi connectivity index (χ3n) is 5.29. The van der Waals surface area contributed by atoms with Crippen molar-refractivity contribution in [2.75, 3.05) is 19.4 Å². The number of hydrogen-bond donors (Lipinski definition) is 3. The number of thioether (sulfide) groups is 1. The summed E-state index contributed by atoms with van der Waals surface area (Å²) in [5.74, 6) is -0.438. The highest BCUT2D eigenvalue weighted by atomic mass is 32.2. The molecule has 0 saturated heterocycles. The number of ether oxygens (including phenoxy) is 1. The lowest BCUT2D eigenvalue weighted by molar-refractivity contribution is 0.0945. The zero-order valence-corrected chi connectivity index (χ0v) is 21.9. The van der Waals surface area contributed by atoms with Crippen LogP contribution in [0.5, 0.6) is 17.2 Å². The highest BCUT2D eigenvalue weighted by Gasteiger charge is 2.25. The van der Waals surface area contributed by atoms with Gasteiger partial charge >= 0.3 is 0 Å². The molecule has 0 saturated carbocycles. The van der Waals surface area contributed by atoms with Crippen molar-refractivity contribution in [3.8, 4) is 17.2 Å². The number of nitrogens with zero attached hydrogens (tertiary/aromatic N) is 2. The number of aryl methyl sites for hydroxylation is 2. The summed E-state index contributed by atoms with van der Waals surface area (Å²) in [5.41, 5.74) is 2.25. The maximum absolute atomic E-state index is 13.2. The highest BCUT2D eigenvalue weighted by Crippen LogP contribution is 2.47.